The summed E-state index contributed by atoms with van der Waals surface area (Å²) >= 11 is 0. The van der Waals surface area contributed by atoms with E-state index in [2.05, 4.69) is 0 Å². The van der Waals surface area contributed by atoms with Gasteiger partial charge in [-0.1, -0.05) is 30.3 Å². The highest BCUT2D eigenvalue weighted by Crippen LogP contribution is 2.27. The van der Waals surface area contributed by atoms with Crippen LogP contribution in [0, 0.1) is 0 Å². The Morgan fingerprint density at radius 1 is 1.40 bits per heavy atom. The zero-order valence-corrected chi connectivity index (χ0v) is 8.13. The van der Waals surface area contributed by atoms with E-state index >= 15 is 0 Å². The van der Waals surface area contributed by atoms with Crippen molar-refractivity contribution in [2.24, 2.45) is 0 Å². The molecule has 4 heteroatoms. The van der Waals surface area contributed by atoms with Gasteiger partial charge in [0.05, 0.1) is 19.1 Å². The monoisotopic (exact) mass is 208 g/mol. The highest BCUT2D eigenvalue weighted by molar-refractivity contribution is 5.67. The quantitative estimate of drug-likeness (QED) is 0.819. The smallest absolute Gasteiger partial charge is 0.306 e. The van der Waals surface area contributed by atoms with Crippen molar-refractivity contribution in [2.45, 2.75) is 18.8 Å². The van der Waals surface area contributed by atoms with Gasteiger partial charge in [0.1, 0.15) is 0 Å². The second kappa shape index (κ2) is 4.42. The van der Waals surface area contributed by atoms with Gasteiger partial charge in [0, 0.05) is 5.56 Å². The van der Waals surface area contributed by atoms with Crippen LogP contribution in [0.25, 0.3) is 0 Å². The molecule has 0 bridgehead atoms. The fourth-order valence-electron chi connectivity index (χ4n) is 1.53. The minimum atomic E-state index is -0.864. The first-order valence-electron chi connectivity index (χ1n) is 4.79. The molecular formula is C11H12O4. The third-order valence-electron chi connectivity index (χ3n) is 2.22. The van der Waals surface area contributed by atoms with E-state index in [-0.39, 0.29) is 12.5 Å². The summed E-state index contributed by atoms with van der Waals surface area (Å²) in [7, 11) is 0. The van der Waals surface area contributed by atoms with Crippen molar-refractivity contribution in [3.8, 4) is 0 Å². The van der Waals surface area contributed by atoms with Crippen molar-refractivity contribution in [3.05, 3.63) is 35.9 Å². The van der Waals surface area contributed by atoms with E-state index < -0.39 is 12.3 Å². The van der Waals surface area contributed by atoms with Crippen molar-refractivity contribution in [3.63, 3.8) is 0 Å². The molecule has 1 unspecified atom stereocenters. The number of hydrogen-bond donors (Lipinski definition) is 1. The van der Waals surface area contributed by atoms with E-state index in [0.29, 0.717) is 6.61 Å². The topological polar surface area (TPSA) is 55.8 Å². The normalized spacial score (nSPS) is 25.3. The van der Waals surface area contributed by atoms with E-state index in [4.69, 9.17) is 14.6 Å². The first-order chi connectivity index (χ1) is 7.25. The molecule has 0 radical (unpaired) electrons. The minimum absolute atomic E-state index is 0.0106. The molecule has 1 aromatic rings. The maximum absolute atomic E-state index is 10.5. The standard InChI is InChI=1S/C11H12O4/c12-10(13)6-9-7-14-11(15-9)8-4-2-1-3-5-8/h1-5,9,11H,6-7H2,(H,12,13)/t9?,11-/m1/s1. The summed E-state index contributed by atoms with van der Waals surface area (Å²) in [4.78, 5) is 10.5. The van der Waals surface area contributed by atoms with Crippen LogP contribution in [-0.4, -0.2) is 23.8 Å². The highest BCUT2D eigenvalue weighted by Gasteiger charge is 2.28. The maximum Gasteiger partial charge on any atom is 0.306 e. The Bertz CT molecular complexity index is 336. The van der Waals surface area contributed by atoms with E-state index in [0.717, 1.165) is 5.56 Å². The number of benzene rings is 1. The van der Waals surface area contributed by atoms with Gasteiger partial charge in [-0.05, 0) is 0 Å². The number of ether oxygens (including phenoxy) is 2. The van der Waals surface area contributed by atoms with Crippen LogP contribution in [0.5, 0.6) is 0 Å². The van der Waals surface area contributed by atoms with Crippen molar-refractivity contribution in [1.29, 1.82) is 0 Å². The Hall–Kier alpha value is -1.39. The van der Waals surface area contributed by atoms with Gasteiger partial charge >= 0.3 is 5.97 Å². The van der Waals surface area contributed by atoms with E-state index in [1.807, 2.05) is 30.3 Å². The number of rotatable bonds is 3. The Morgan fingerprint density at radius 3 is 2.80 bits per heavy atom. The van der Waals surface area contributed by atoms with Crippen LogP contribution in [0.15, 0.2) is 30.3 Å². The molecule has 1 fully saturated rings. The summed E-state index contributed by atoms with van der Waals surface area (Å²) in [6.07, 6.45) is -0.771. The van der Waals surface area contributed by atoms with Crippen molar-refractivity contribution >= 4 is 5.97 Å². The zero-order valence-electron chi connectivity index (χ0n) is 8.13. The molecule has 0 aliphatic carbocycles. The molecule has 0 spiro atoms. The molecule has 1 N–H and O–H groups in total. The predicted molar refractivity (Wildman–Crippen MR) is 52.3 cm³/mol. The second-order valence-electron chi connectivity index (χ2n) is 3.43. The average Bonchev–Trinajstić information content (AvgIpc) is 2.67. The van der Waals surface area contributed by atoms with Crippen LogP contribution in [-0.2, 0) is 14.3 Å². The van der Waals surface area contributed by atoms with Crippen LogP contribution < -0.4 is 0 Å². The first-order valence-corrected chi connectivity index (χ1v) is 4.79. The number of aliphatic carboxylic acids is 1. The molecule has 0 saturated carbocycles. The summed E-state index contributed by atoms with van der Waals surface area (Å²) in [6.45, 7) is 0.339. The van der Waals surface area contributed by atoms with Gasteiger partial charge in [-0.25, -0.2) is 0 Å². The zero-order chi connectivity index (χ0) is 10.7. The molecule has 0 aromatic heterocycles. The van der Waals surface area contributed by atoms with Gasteiger partial charge in [-0.3, -0.25) is 4.79 Å². The summed E-state index contributed by atoms with van der Waals surface area (Å²) in [5.74, 6) is -0.864. The van der Waals surface area contributed by atoms with Crippen LogP contribution in [0.2, 0.25) is 0 Å². The minimum Gasteiger partial charge on any atom is -0.481 e. The Labute approximate surface area is 87.4 Å². The van der Waals surface area contributed by atoms with Gasteiger partial charge in [0.2, 0.25) is 0 Å². The Balaban J connectivity index is 1.96. The molecule has 4 nitrogen and oxygen atoms in total. The summed E-state index contributed by atoms with van der Waals surface area (Å²) in [5.41, 5.74) is 0.922. The Kier molecular flexibility index (Phi) is 2.99. The van der Waals surface area contributed by atoms with E-state index in [1.165, 1.54) is 0 Å². The predicted octanol–water partition coefficient (Wildman–Crippen LogP) is 1.58. The molecule has 0 amide bonds. The van der Waals surface area contributed by atoms with Gasteiger partial charge < -0.3 is 14.6 Å². The summed E-state index contributed by atoms with van der Waals surface area (Å²) in [5, 5.41) is 8.60. The van der Waals surface area contributed by atoms with Crippen molar-refractivity contribution < 1.29 is 19.4 Å². The van der Waals surface area contributed by atoms with Crippen LogP contribution in [0.1, 0.15) is 18.3 Å². The third-order valence-corrected chi connectivity index (χ3v) is 2.22. The number of hydrogen-bond acceptors (Lipinski definition) is 3. The lowest BCUT2D eigenvalue weighted by atomic mass is 10.2. The van der Waals surface area contributed by atoms with Crippen molar-refractivity contribution in [2.75, 3.05) is 6.61 Å². The highest BCUT2D eigenvalue weighted by atomic mass is 16.7. The molecule has 1 saturated heterocycles. The van der Waals surface area contributed by atoms with Crippen LogP contribution in [0.3, 0.4) is 0 Å². The fraction of sp³-hybridized carbons (Fsp3) is 0.364. The van der Waals surface area contributed by atoms with Gasteiger partial charge in [0.15, 0.2) is 6.29 Å². The molecule has 2 rings (SSSR count). The average molecular weight is 208 g/mol. The second-order valence-corrected chi connectivity index (χ2v) is 3.43. The number of carboxylic acid groups (broad SMARTS) is 1. The third kappa shape index (κ3) is 2.55. The number of carboxylic acids is 1. The summed E-state index contributed by atoms with van der Waals surface area (Å²) < 4.78 is 10.8. The molecule has 15 heavy (non-hydrogen) atoms. The van der Waals surface area contributed by atoms with E-state index in [1.54, 1.807) is 0 Å². The number of carbonyl (C=O) groups is 1. The first kappa shape index (κ1) is 10.1. The van der Waals surface area contributed by atoms with Gasteiger partial charge in [0.25, 0.3) is 0 Å². The molecule has 80 valence electrons. The van der Waals surface area contributed by atoms with Gasteiger partial charge in [-0.2, -0.15) is 0 Å². The SMILES string of the molecule is O=C(O)CC1CO[C@@H](c2ccccc2)O1. The lowest BCUT2D eigenvalue weighted by Gasteiger charge is -2.10. The lowest BCUT2D eigenvalue weighted by Crippen LogP contribution is -2.15. The van der Waals surface area contributed by atoms with Crippen LogP contribution in [0.4, 0.5) is 0 Å². The molecule has 1 aromatic carbocycles. The lowest BCUT2D eigenvalue weighted by molar-refractivity contribution is -0.140. The maximum atomic E-state index is 10.5. The van der Waals surface area contributed by atoms with Crippen molar-refractivity contribution in [1.82, 2.24) is 0 Å². The summed E-state index contributed by atoms with van der Waals surface area (Å²) in [6, 6.07) is 9.49. The molecule has 1 aliphatic rings. The van der Waals surface area contributed by atoms with Crippen LogP contribution >= 0.6 is 0 Å². The molecular weight excluding hydrogens is 196 g/mol. The Morgan fingerprint density at radius 2 is 2.13 bits per heavy atom. The fourth-order valence-corrected chi connectivity index (χ4v) is 1.53. The molecule has 1 heterocycles. The van der Waals surface area contributed by atoms with Gasteiger partial charge in [-0.15, -0.1) is 0 Å². The molecule has 2 atom stereocenters. The largest absolute Gasteiger partial charge is 0.481 e. The molecule has 1 aliphatic heterocycles. The van der Waals surface area contributed by atoms with E-state index in [9.17, 15) is 4.79 Å².